The maximum atomic E-state index is 13.1. The summed E-state index contributed by atoms with van der Waals surface area (Å²) in [6.45, 7) is 1.81. The fraction of sp³-hybridized carbons (Fsp3) is 0.348. The van der Waals surface area contributed by atoms with E-state index >= 15 is 0 Å². The molecule has 184 valence electrons. The molecule has 2 aromatic rings. The molecule has 0 spiro atoms. The largest absolute Gasteiger partial charge is 0.495 e. The standard InChI is InChI=1S/C23H27ClFN3O5S/c1-33-22-11-17(21(12-20(22)24)26-34(2,31)32)5-8-23(30)28-10-9-27(14-19(28)15-29)13-16-3-6-18(25)7-4-16/h3-8,11-12,19,26,29H,9-10,13-15H2,1-2H3. The molecule has 34 heavy (non-hydrogen) atoms. The first kappa shape index (κ1) is 26.0. The number of rotatable bonds is 8. The van der Waals surface area contributed by atoms with Crippen LogP contribution in [0, 0.1) is 5.82 Å². The summed E-state index contributed by atoms with van der Waals surface area (Å²) < 4.78 is 44.2. The van der Waals surface area contributed by atoms with Gasteiger partial charge in [-0.05, 0) is 35.9 Å². The summed E-state index contributed by atoms with van der Waals surface area (Å²) in [5, 5.41) is 10.1. The Kier molecular flexibility index (Phi) is 8.53. The predicted molar refractivity (Wildman–Crippen MR) is 130 cm³/mol. The summed E-state index contributed by atoms with van der Waals surface area (Å²) in [5.41, 5.74) is 1.55. The number of hydrogen-bond acceptors (Lipinski definition) is 6. The van der Waals surface area contributed by atoms with Gasteiger partial charge in [-0.3, -0.25) is 14.4 Å². The number of methoxy groups -OCH3 is 1. The number of piperazine rings is 1. The van der Waals surface area contributed by atoms with Crippen molar-refractivity contribution in [1.82, 2.24) is 9.80 Å². The third kappa shape index (κ3) is 6.92. The number of carbonyl (C=O) groups is 1. The van der Waals surface area contributed by atoms with E-state index in [0.29, 0.717) is 37.5 Å². The van der Waals surface area contributed by atoms with Crippen molar-refractivity contribution in [3.63, 3.8) is 0 Å². The van der Waals surface area contributed by atoms with E-state index in [1.54, 1.807) is 17.0 Å². The molecule has 0 bridgehead atoms. The minimum absolute atomic E-state index is 0.208. The van der Waals surface area contributed by atoms with Gasteiger partial charge in [0.1, 0.15) is 11.6 Å². The van der Waals surface area contributed by atoms with Crippen LogP contribution in [0.15, 0.2) is 42.5 Å². The van der Waals surface area contributed by atoms with Crippen LogP contribution in [0.1, 0.15) is 11.1 Å². The zero-order valence-corrected chi connectivity index (χ0v) is 20.4. The van der Waals surface area contributed by atoms with Crippen LogP contribution < -0.4 is 9.46 Å². The van der Waals surface area contributed by atoms with E-state index in [4.69, 9.17) is 16.3 Å². The molecule has 0 aliphatic carbocycles. The van der Waals surface area contributed by atoms with Gasteiger partial charge in [-0.25, -0.2) is 12.8 Å². The first-order valence-electron chi connectivity index (χ1n) is 10.5. The first-order valence-corrected chi connectivity index (χ1v) is 12.8. The van der Waals surface area contributed by atoms with E-state index < -0.39 is 16.1 Å². The maximum Gasteiger partial charge on any atom is 0.246 e. The van der Waals surface area contributed by atoms with Crippen LogP contribution in [-0.4, -0.2) is 74.9 Å². The molecule has 8 nitrogen and oxygen atoms in total. The molecular formula is C23H27ClFN3O5S. The van der Waals surface area contributed by atoms with Crippen LogP contribution in [0.3, 0.4) is 0 Å². The van der Waals surface area contributed by atoms with E-state index in [2.05, 4.69) is 9.62 Å². The zero-order valence-electron chi connectivity index (χ0n) is 18.9. The normalized spacial score (nSPS) is 17.2. The quantitative estimate of drug-likeness (QED) is 0.529. The molecule has 1 aliphatic heterocycles. The zero-order chi connectivity index (χ0) is 24.9. The van der Waals surface area contributed by atoms with Crippen molar-refractivity contribution in [2.75, 3.05) is 44.3 Å². The smallest absolute Gasteiger partial charge is 0.246 e. The second-order valence-electron chi connectivity index (χ2n) is 8.01. The second kappa shape index (κ2) is 11.2. The highest BCUT2D eigenvalue weighted by Crippen LogP contribution is 2.32. The van der Waals surface area contributed by atoms with Gasteiger partial charge in [0.2, 0.25) is 15.9 Å². The number of aliphatic hydroxyl groups is 1. The number of nitrogens with zero attached hydrogens (tertiary/aromatic N) is 2. The third-order valence-corrected chi connectivity index (χ3v) is 6.29. The molecule has 1 amide bonds. The first-order chi connectivity index (χ1) is 16.1. The van der Waals surface area contributed by atoms with Gasteiger partial charge in [0.25, 0.3) is 0 Å². The van der Waals surface area contributed by atoms with E-state index in [9.17, 15) is 22.7 Å². The molecule has 1 atom stereocenters. The van der Waals surface area contributed by atoms with Crippen LogP contribution in [0.4, 0.5) is 10.1 Å². The molecule has 0 saturated carbocycles. The number of aliphatic hydroxyl groups excluding tert-OH is 1. The van der Waals surface area contributed by atoms with Gasteiger partial charge >= 0.3 is 0 Å². The van der Waals surface area contributed by atoms with Crippen molar-refractivity contribution < 1.29 is 27.4 Å². The number of amides is 1. The summed E-state index contributed by atoms with van der Waals surface area (Å²) in [6.07, 6.45) is 3.82. The second-order valence-corrected chi connectivity index (χ2v) is 10.2. The van der Waals surface area contributed by atoms with Gasteiger partial charge in [0.05, 0.1) is 36.7 Å². The van der Waals surface area contributed by atoms with Crippen molar-refractivity contribution in [1.29, 1.82) is 0 Å². The Bertz CT molecular complexity index is 1160. The fourth-order valence-corrected chi connectivity index (χ4v) is 4.58. The molecule has 2 N–H and O–H groups in total. The monoisotopic (exact) mass is 511 g/mol. The Hall–Kier alpha value is -2.66. The average molecular weight is 512 g/mol. The molecule has 0 radical (unpaired) electrons. The number of benzene rings is 2. The number of hydrogen-bond donors (Lipinski definition) is 2. The Labute approximate surface area is 203 Å². The molecular weight excluding hydrogens is 485 g/mol. The molecule has 0 aromatic heterocycles. The Balaban J connectivity index is 1.73. The molecule has 1 fully saturated rings. The van der Waals surface area contributed by atoms with Crippen LogP contribution in [0.5, 0.6) is 5.75 Å². The summed E-state index contributed by atoms with van der Waals surface area (Å²) in [4.78, 5) is 16.6. The third-order valence-electron chi connectivity index (χ3n) is 5.40. The van der Waals surface area contributed by atoms with Gasteiger partial charge < -0.3 is 14.7 Å². The topological polar surface area (TPSA) is 99.2 Å². The molecule has 1 heterocycles. The van der Waals surface area contributed by atoms with Gasteiger partial charge in [-0.15, -0.1) is 0 Å². The maximum absolute atomic E-state index is 13.1. The highest BCUT2D eigenvalue weighted by molar-refractivity contribution is 7.92. The number of ether oxygens (including phenoxy) is 1. The minimum Gasteiger partial charge on any atom is -0.495 e. The number of carbonyl (C=O) groups excluding carboxylic acids is 1. The number of anilines is 1. The van der Waals surface area contributed by atoms with Gasteiger partial charge in [-0.1, -0.05) is 23.7 Å². The van der Waals surface area contributed by atoms with Crippen LogP contribution >= 0.6 is 11.6 Å². The summed E-state index contributed by atoms with van der Waals surface area (Å²) in [6, 6.07) is 8.77. The Morgan fingerprint density at radius 3 is 2.62 bits per heavy atom. The highest BCUT2D eigenvalue weighted by Gasteiger charge is 2.29. The van der Waals surface area contributed by atoms with Crippen LogP contribution in [0.2, 0.25) is 5.02 Å². The van der Waals surface area contributed by atoms with Gasteiger partial charge in [0, 0.05) is 37.8 Å². The Morgan fingerprint density at radius 1 is 1.29 bits per heavy atom. The van der Waals surface area contributed by atoms with Crippen LogP contribution in [0.25, 0.3) is 6.08 Å². The predicted octanol–water partition coefficient (Wildman–Crippen LogP) is 2.58. The molecule has 3 rings (SSSR count). The van der Waals surface area contributed by atoms with E-state index in [0.717, 1.165) is 11.8 Å². The van der Waals surface area contributed by atoms with E-state index in [1.165, 1.54) is 43.5 Å². The highest BCUT2D eigenvalue weighted by atomic mass is 35.5. The lowest BCUT2D eigenvalue weighted by Crippen LogP contribution is -2.55. The van der Waals surface area contributed by atoms with Crippen LogP contribution in [-0.2, 0) is 21.4 Å². The van der Waals surface area contributed by atoms with Crippen molar-refractivity contribution >= 4 is 39.3 Å². The lowest BCUT2D eigenvalue weighted by atomic mass is 10.1. The van der Waals surface area contributed by atoms with Crippen molar-refractivity contribution in [3.8, 4) is 5.75 Å². The molecule has 1 aliphatic rings. The number of nitrogens with one attached hydrogen (secondary N) is 1. The number of halogens is 2. The van der Waals surface area contributed by atoms with Gasteiger partial charge in [0.15, 0.2) is 0 Å². The summed E-state index contributed by atoms with van der Waals surface area (Å²) in [7, 11) is -2.15. The van der Waals surface area contributed by atoms with Gasteiger partial charge in [-0.2, -0.15) is 0 Å². The minimum atomic E-state index is -3.58. The SMILES string of the molecule is COc1cc(C=CC(=O)N2CCN(Cc3ccc(F)cc3)CC2CO)c(NS(C)(=O)=O)cc1Cl. The Morgan fingerprint density at radius 2 is 2.00 bits per heavy atom. The summed E-state index contributed by atoms with van der Waals surface area (Å²) in [5.74, 6) is -0.289. The fourth-order valence-electron chi connectivity index (χ4n) is 3.77. The molecule has 1 saturated heterocycles. The lowest BCUT2D eigenvalue weighted by molar-refractivity contribution is -0.132. The average Bonchev–Trinajstić information content (AvgIpc) is 2.78. The molecule has 2 aromatic carbocycles. The molecule has 1 unspecified atom stereocenters. The van der Waals surface area contributed by atoms with Crippen molar-refractivity contribution in [2.24, 2.45) is 0 Å². The van der Waals surface area contributed by atoms with E-state index in [1.807, 2.05) is 0 Å². The van der Waals surface area contributed by atoms with Crippen molar-refractivity contribution in [3.05, 3.63) is 64.4 Å². The van der Waals surface area contributed by atoms with E-state index in [-0.39, 0.29) is 29.0 Å². The van der Waals surface area contributed by atoms with Crippen molar-refractivity contribution in [2.45, 2.75) is 12.6 Å². The summed E-state index contributed by atoms with van der Waals surface area (Å²) >= 11 is 6.12. The lowest BCUT2D eigenvalue weighted by Gasteiger charge is -2.40. The molecule has 11 heteroatoms. The number of sulfonamides is 1.